The van der Waals surface area contributed by atoms with Crippen molar-refractivity contribution in [2.45, 2.75) is 0 Å². The first-order valence-corrected chi connectivity index (χ1v) is 9.44. The monoisotopic (exact) mass is 397 g/mol. The lowest BCUT2D eigenvalue weighted by atomic mass is 10.1. The molecule has 5 aromatic rings. The number of rotatable bonds is 3. The van der Waals surface area contributed by atoms with Crippen molar-refractivity contribution < 1.29 is 0 Å². The molecule has 2 aromatic carbocycles. The Morgan fingerprint density at radius 1 is 0.966 bits per heavy atom. The van der Waals surface area contributed by atoms with E-state index in [9.17, 15) is 4.79 Å². The van der Waals surface area contributed by atoms with Gasteiger partial charge in [0.25, 0.3) is 5.56 Å². The third kappa shape index (κ3) is 2.97. The Morgan fingerprint density at radius 3 is 2.59 bits per heavy atom. The lowest BCUT2D eigenvalue weighted by Crippen LogP contribution is -2.18. The summed E-state index contributed by atoms with van der Waals surface area (Å²) in [5, 5.41) is 4.94. The van der Waals surface area contributed by atoms with E-state index in [4.69, 9.17) is 17.2 Å². The lowest BCUT2D eigenvalue weighted by molar-refractivity contribution is 0.799. The fourth-order valence-electron chi connectivity index (χ4n) is 3.32. The zero-order valence-electron chi connectivity index (χ0n) is 15.2. The number of aromatic amines is 1. The maximum absolute atomic E-state index is 12.9. The number of hydrogen-bond donors (Lipinski definition) is 1. The van der Waals surface area contributed by atoms with E-state index in [0.717, 1.165) is 22.6 Å². The van der Waals surface area contributed by atoms with E-state index in [1.165, 1.54) is 4.68 Å². The molecule has 3 heterocycles. The Balaban J connectivity index is 1.72. The molecule has 5 rings (SSSR count). The highest BCUT2D eigenvalue weighted by Crippen LogP contribution is 2.23. The molecule has 7 heteroatoms. The number of H-pyrrole nitrogens is 1. The number of hydrogen-bond acceptors (Lipinski definition) is 4. The fraction of sp³-hybridized carbons (Fsp3) is 0. The molecule has 0 aliphatic heterocycles. The standard InChI is InChI=1S/C22H15N5OS/c28-21-16-10-4-5-11-17(16)24-22(29)27(21)23-14-18-20(15-8-2-1-3-9-15)25-19-12-6-7-13-26(18)19/h1-14H,(H,24,29)/b23-14+. The van der Waals surface area contributed by atoms with Gasteiger partial charge in [0.15, 0.2) is 0 Å². The first-order chi connectivity index (χ1) is 14.2. The molecule has 1 N–H and O–H groups in total. The van der Waals surface area contributed by atoms with Crippen molar-refractivity contribution in [3.63, 3.8) is 0 Å². The zero-order valence-corrected chi connectivity index (χ0v) is 16.0. The van der Waals surface area contributed by atoms with E-state index in [1.807, 2.05) is 77.3 Å². The molecule has 0 radical (unpaired) electrons. The van der Waals surface area contributed by atoms with Gasteiger partial charge >= 0.3 is 0 Å². The molecular weight excluding hydrogens is 382 g/mol. The molecule has 0 spiro atoms. The molecule has 0 fully saturated rings. The van der Waals surface area contributed by atoms with Crippen LogP contribution in [-0.4, -0.2) is 25.3 Å². The van der Waals surface area contributed by atoms with Gasteiger partial charge in [-0.15, -0.1) is 0 Å². The van der Waals surface area contributed by atoms with Crippen LogP contribution in [0, 0.1) is 4.77 Å². The van der Waals surface area contributed by atoms with E-state index in [1.54, 1.807) is 12.3 Å². The Kier molecular flexibility index (Phi) is 4.14. The number of para-hydroxylation sites is 1. The van der Waals surface area contributed by atoms with Gasteiger partial charge in [0, 0.05) is 11.8 Å². The highest BCUT2D eigenvalue weighted by Gasteiger charge is 2.12. The molecule has 3 aromatic heterocycles. The lowest BCUT2D eigenvalue weighted by Gasteiger charge is -2.03. The fourth-order valence-corrected chi connectivity index (χ4v) is 3.56. The molecule has 0 saturated heterocycles. The maximum Gasteiger partial charge on any atom is 0.282 e. The van der Waals surface area contributed by atoms with Crippen molar-refractivity contribution in [2.75, 3.05) is 0 Å². The number of imidazole rings is 1. The first kappa shape index (κ1) is 17.3. The molecule has 0 atom stereocenters. The second kappa shape index (κ2) is 6.96. The smallest absolute Gasteiger partial charge is 0.282 e. The minimum absolute atomic E-state index is 0.236. The van der Waals surface area contributed by atoms with Crippen molar-refractivity contribution in [3.05, 3.63) is 99.8 Å². The van der Waals surface area contributed by atoms with Crippen molar-refractivity contribution >= 4 is 35.0 Å². The summed E-state index contributed by atoms with van der Waals surface area (Å²) in [6.07, 6.45) is 3.54. The maximum atomic E-state index is 12.9. The van der Waals surface area contributed by atoms with Crippen molar-refractivity contribution in [1.82, 2.24) is 19.0 Å². The van der Waals surface area contributed by atoms with Gasteiger partial charge in [-0.25, -0.2) is 4.98 Å². The van der Waals surface area contributed by atoms with Gasteiger partial charge < -0.3 is 4.98 Å². The second-order valence-corrected chi connectivity index (χ2v) is 6.86. The van der Waals surface area contributed by atoms with Crippen LogP contribution in [0.3, 0.4) is 0 Å². The molecule has 0 bridgehead atoms. The van der Waals surface area contributed by atoms with Crippen LogP contribution in [0.1, 0.15) is 5.69 Å². The number of pyridine rings is 1. The Hall–Kier alpha value is -3.84. The number of benzene rings is 2. The van der Waals surface area contributed by atoms with E-state index in [-0.39, 0.29) is 10.3 Å². The average Bonchev–Trinajstić information content (AvgIpc) is 3.13. The Labute approximate surface area is 170 Å². The topological polar surface area (TPSA) is 67.5 Å². The number of aromatic nitrogens is 4. The number of nitrogens with zero attached hydrogens (tertiary/aromatic N) is 4. The van der Waals surface area contributed by atoms with Crippen molar-refractivity contribution in [2.24, 2.45) is 5.10 Å². The van der Waals surface area contributed by atoms with Gasteiger partial charge in [0.2, 0.25) is 4.77 Å². The number of fused-ring (bicyclic) bond motifs is 2. The van der Waals surface area contributed by atoms with E-state index >= 15 is 0 Å². The minimum Gasteiger partial charge on any atom is -0.330 e. The summed E-state index contributed by atoms with van der Waals surface area (Å²) in [7, 11) is 0. The van der Waals surface area contributed by atoms with E-state index < -0.39 is 0 Å². The van der Waals surface area contributed by atoms with Crippen LogP contribution >= 0.6 is 12.2 Å². The van der Waals surface area contributed by atoms with Crippen LogP contribution in [0.4, 0.5) is 0 Å². The highest BCUT2D eigenvalue weighted by atomic mass is 32.1. The molecule has 0 unspecified atom stereocenters. The van der Waals surface area contributed by atoms with Crippen LogP contribution in [0.2, 0.25) is 0 Å². The third-order valence-electron chi connectivity index (χ3n) is 4.69. The molecule has 0 aliphatic carbocycles. The predicted octanol–water partition coefficient (Wildman–Crippen LogP) is 4.26. The van der Waals surface area contributed by atoms with Crippen molar-refractivity contribution in [3.8, 4) is 11.3 Å². The molecular formula is C22H15N5OS. The van der Waals surface area contributed by atoms with Crippen LogP contribution in [0.25, 0.3) is 27.8 Å². The van der Waals surface area contributed by atoms with Gasteiger partial charge in [0.1, 0.15) is 5.65 Å². The number of nitrogens with one attached hydrogen (secondary N) is 1. The molecule has 140 valence electrons. The third-order valence-corrected chi connectivity index (χ3v) is 4.97. The normalized spacial score (nSPS) is 11.6. The van der Waals surface area contributed by atoms with Gasteiger partial charge in [-0.1, -0.05) is 48.5 Å². The SMILES string of the molecule is O=c1c2ccccc2[nH]c(=S)n1/N=C/c1c(-c2ccccc2)nc2ccccn12. The van der Waals surface area contributed by atoms with E-state index in [0.29, 0.717) is 10.9 Å². The van der Waals surface area contributed by atoms with Gasteiger partial charge in [0.05, 0.1) is 28.5 Å². The second-order valence-electron chi connectivity index (χ2n) is 6.48. The summed E-state index contributed by atoms with van der Waals surface area (Å²) >= 11 is 5.36. The van der Waals surface area contributed by atoms with Crippen LogP contribution in [0.15, 0.2) is 88.9 Å². The first-order valence-electron chi connectivity index (χ1n) is 9.03. The minimum atomic E-state index is -0.268. The van der Waals surface area contributed by atoms with E-state index in [2.05, 4.69) is 10.1 Å². The molecule has 6 nitrogen and oxygen atoms in total. The summed E-state index contributed by atoms with van der Waals surface area (Å²) in [6.45, 7) is 0. The summed E-state index contributed by atoms with van der Waals surface area (Å²) in [6, 6.07) is 22.9. The summed E-state index contributed by atoms with van der Waals surface area (Å²) in [5.74, 6) is 0. The van der Waals surface area contributed by atoms with Crippen LogP contribution < -0.4 is 5.56 Å². The summed E-state index contributed by atoms with van der Waals surface area (Å²) in [5.41, 5.74) is 3.73. The molecule has 0 saturated carbocycles. The zero-order chi connectivity index (χ0) is 19.8. The Morgan fingerprint density at radius 2 is 1.72 bits per heavy atom. The Bertz CT molecular complexity index is 1500. The van der Waals surface area contributed by atoms with Gasteiger partial charge in [-0.05, 0) is 36.5 Å². The van der Waals surface area contributed by atoms with Crippen LogP contribution in [0.5, 0.6) is 0 Å². The van der Waals surface area contributed by atoms with Gasteiger partial charge in [-0.3, -0.25) is 9.20 Å². The van der Waals surface area contributed by atoms with Gasteiger partial charge in [-0.2, -0.15) is 9.78 Å². The quantitative estimate of drug-likeness (QED) is 0.365. The average molecular weight is 397 g/mol. The highest BCUT2D eigenvalue weighted by molar-refractivity contribution is 7.71. The molecule has 0 amide bonds. The largest absolute Gasteiger partial charge is 0.330 e. The summed E-state index contributed by atoms with van der Waals surface area (Å²) < 4.78 is 3.37. The molecule has 29 heavy (non-hydrogen) atoms. The van der Waals surface area contributed by atoms with Crippen molar-refractivity contribution in [1.29, 1.82) is 0 Å². The summed E-state index contributed by atoms with van der Waals surface area (Å²) in [4.78, 5) is 20.7. The predicted molar refractivity (Wildman–Crippen MR) is 117 cm³/mol. The van der Waals surface area contributed by atoms with Crippen LogP contribution in [-0.2, 0) is 0 Å². The molecule has 0 aliphatic rings.